The summed E-state index contributed by atoms with van der Waals surface area (Å²) < 4.78 is 33.4. The van der Waals surface area contributed by atoms with Crippen LogP contribution in [0.5, 0.6) is 0 Å². The van der Waals surface area contributed by atoms with Crippen molar-refractivity contribution in [1.29, 1.82) is 0 Å². The molecule has 0 unspecified atom stereocenters. The van der Waals surface area contributed by atoms with Gasteiger partial charge in [0.2, 0.25) is 21.8 Å². The molecule has 1 fully saturated rings. The number of piperidine rings is 1. The SMILES string of the molecule is Cc1oc(-c2cccs2)nc1CC(=O)Nc1ccccc1S(=O)(=O)N1CCCCC1. The third-order valence-corrected chi connectivity index (χ3v) is 7.86. The van der Waals surface area contributed by atoms with Crippen LogP contribution in [-0.2, 0) is 21.2 Å². The van der Waals surface area contributed by atoms with E-state index in [0.717, 1.165) is 24.1 Å². The van der Waals surface area contributed by atoms with E-state index in [1.807, 2.05) is 17.5 Å². The molecule has 1 aliphatic heterocycles. The van der Waals surface area contributed by atoms with Crippen LogP contribution >= 0.6 is 11.3 Å². The highest BCUT2D eigenvalue weighted by atomic mass is 32.2. The van der Waals surface area contributed by atoms with Gasteiger partial charge >= 0.3 is 0 Å². The molecule has 4 rings (SSSR count). The maximum atomic E-state index is 13.1. The van der Waals surface area contributed by atoms with Crippen molar-refractivity contribution < 1.29 is 17.6 Å². The quantitative estimate of drug-likeness (QED) is 0.617. The summed E-state index contributed by atoms with van der Waals surface area (Å²) in [5, 5.41) is 4.68. The molecule has 0 saturated carbocycles. The summed E-state index contributed by atoms with van der Waals surface area (Å²) >= 11 is 1.51. The zero-order valence-corrected chi connectivity index (χ0v) is 18.3. The summed E-state index contributed by atoms with van der Waals surface area (Å²) in [4.78, 5) is 18.1. The number of nitrogens with zero attached hydrogens (tertiary/aromatic N) is 2. The molecular weight excluding hydrogens is 422 g/mol. The number of aromatic nitrogens is 1. The third-order valence-electron chi connectivity index (χ3n) is 5.05. The zero-order chi connectivity index (χ0) is 21.1. The molecular formula is C21H23N3O4S2. The normalized spacial score (nSPS) is 15.2. The fourth-order valence-electron chi connectivity index (χ4n) is 3.48. The van der Waals surface area contributed by atoms with Crippen molar-refractivity contribution in [2.24, 2.45) is 0 Å². The molecule has 2 aromatic heterocycles. The Kier molecular flexibility index (Phi) is 6.03. The lowest BCUT2D eigenvalue weighted by Gasteiger charge is -2.26. The predicted octanol–water partition coefficient (Wildman–Crippen LogP) is 4.07. The monoisotopic (exact) mass is 445 g/mol. The molecule has 0 spiro atoms. The summed E-state index contributed by atoms with van der Waals surface area (Å²) in [6.45, 7) is 2.78. The molecule has 0 radical (unpaired) electrons. The van der Waals surface area contributed by atoms with Crippen LogP contribution in [0.4, 0.5) is 5.69 Å². The summed E-state index contributed by atoms with van der Waals surface area (Å²) in [6, 6.07) is 10.3. The van der Waals surface area contributed by atoms with Gasteiger partial charge < -0.3 is 9.73 Å². The predicted molar refractivity (Wildman–Crippen MR) is 116 cm³/mol. The second-order valence-corrected chi connectivity index (χ2v) is 10.0. The van der Waals surface area contributed by atoms with Gasteiger partial charge in [0.05, 0.1) is 22.7 Å². The number of oxazole rings is 1. The number of sulfonamides is 1. The Balaban J connectivity index is 1.52. The molecule has 3 heterocycles. The first-order valence-electron chi connectivity index (χ1n) is 9.84. The lowest BCUT2D eigenvalue weighted by atomic mass is 10.2. The fourth-order valence-corrected chi connectivity index (χ4v) is 5.80. The first-order valence-corrected chi connectivity index (χ1v) is 12.2. The van der Waals surface area contributed by atoms with E-state index in [4.69, 9.17) is 4.42 Å². The first kappa shape index (κ1) is 20.8. The highest BCUT2D eigenvalue weighted by Crippen LogP contribution is 2.28. The van der Waals surface area contributed by atoms with Crippen LogP contribution in [0.2, 0.25) is 0 Å². The van der Waals surface area contributed by atoms with Crippen molar-refractivity contribution >= 4 is 33.0 Å². The van der Waals surface area contributed by atoms with Crippen LogP contribution in [-0.4, -0.2) is 36.7 Å². The number of para-hydroxylation sites is 1. The van der Waals surface area contributed by atoms with Gasteiger partial charge in [-0.2, -0.15) is 4.31 Å². The number of hydrogen-bond donors (Lipinski definition) is 1. The van der Waals surface area contributed by atoms with Gasteiger partial charge in [-0.1, -0.05) is 24.6 Å². The van der Waals surface area contributed by atoms with Crippen molar-refractivity contribution in [1.82, 2.24) is 9.29 Å². The van der Waals surface area contributed by atoms with Crippen LogP contribution < -0.4 is 5.32 Å². The van der Waals surface area contributed by atoms with Gasteiger partial charge in [0.15, 0.2) is 0 Å². The van der Waals surface area contributed by atoms with Crippen LogP contribution in [0.3, 0.4) is 0 Å². The van der Waals surface area contributed by atoms with Crippen molar-refractivity contribution in [3.05, 3.63) is 53.2 Å². The Morgan fingerprint density at radius 3 is 2.67 bits per heavy atom. The summed E-state index contributed by atoms with van der Waals surface area (Å²) in [5.74, 6) is 0.714. The molecule has 9 heteroatoms. The number of nitrogens with one attached hydrogen (secondary N) is 1. The van der Waals surface area contributed by atoms with E-state index < -0.39 is 10.0 Å². The van der Waals surface area contributed by atoms with Gasteiger partial charge in [-0.25, -0.2) is 13.4 Å². The smallest absolute Gasteiger partial charge is 0.245 e. The highest BCUT2D eigenvalue weighted by molar-refractivity contribution is 7.89. The minimum atomic E-state index is -3.66. The number of carbonyl (C=O) groups is 1. The van der Waals surface area contributed by atoms with E-state index in [-0.39, 0.29) is 22.9 Å². The van der Waals surface area contributed by atoms with Crippen LogP contribution in [0.15, 0.2) is 51.1 Å². The van der Waals surface area contributed by atoms with Gasteiger partial charge in [0.25, 0.3) is 0 Å². The summed E-state index contributed by atoms with van der Waals surface area (Å²) in [7, 11) is -3.66. The molecule has 1 amide bonds. The van der Waals surface area contributed by atoms with Crippen molar-refractivity contribution in [3.8, 4) is 10.8 Å². The van der Waals surface area contributed by atoms with Gasteiger partial charge in [0, 0.05) is 13.1 Å². The number of aryl methyl sites for hydroxylation is 1. The molecule has 7 nitrogen and oxygen atoms in total. The Labute approximate surface area is 179 Å². The maximum Gasteiger partial charge on any atom is 0.245 e. The number of amides is 1. The molecule has 1 saturated heterocycles. The molecule has 1 aliphatic rings. The Bertz CT molecular complexity index is 1130. The largest absolute Gasteiger partial charge is 0.440 e. The number of benzene rings is 1. The Morgan fingerprint density at radius 1 is 1.17 bits per heavy atom. The van der Waals surface area contributed by atoms with Crippen molar-refractivity contribution in [2.75, 3.05) is 18.4 Å². The van der Waals surface area contributed by atoms with E-state index in [2.05, 4.69) is 10.3 Å². The number of rotatable bonds is 6. The van der Waals surface area contributed by atoms with Gasteiger partial charge in [-0.05, 0) is 43.3 Å². The zero-order valence-electron chi connectivity index (χ0n) is 16.6. The van der Waals surface area contributed by atoms with Gasteiger partial charge in [0.1, 0.15) is 10.7 Å². The molecule has 0 aliphatic carbocycles. The summed E-state index contributed by atoms with van der Waals surface area (Å²) in [5.41, 5.74) is 0.819. The molecule has 158 valence electrons. The van der Waals surface area contributed by atoms with Crippen LogP contribution in [0.1, 0.15) is 30.7 Å². The average Bonchev–Trinajstić information content (AvgIpc) is 3.39. The topological polar surface area (TPSA) is 92.5 Å². The molecule has 0 bridgehead atoms. The van der Waals surface area contributed by atoms with E-state index in [9.17, 15) is 13.2 Å². The van der Waals surface area contributed by atoms with Crippen molar-refractivity contribution in [3.63, 3.8) is 0 Å². The molecule has 0 atom stereocenters. The molecule has 3 aromatic rings. The number of anilines is 1. The average molecular weight is 446 g/mol. The Morgan fingerprint density at radius 2 is 1.93 bits per heavy atom. The van der Waals surface area contributed by atoms with E-state index in [1.54, 1.807) is 25.1 Å². The minimum absolute atomic E-state index is 0.00119. The lowest BCUT2D eigenvalue weighted by molar-refractivity contribution is -0.115. The van der Waals surface area contributed by atoms with E-state index >= 15 is 0 Å². The van der Waals surface area contributed by atoms with Crippen LogP contribution in [0.25, 0.3) is 10.8 Å². The first-order chi connectivity index (χ1) is 14.4. The standard InChI is InChI=1S/C21H23N3O4S2/c1-15-17(23-21(28-15)18-9-7-13-29-18)14-20(25)22-16-8-3-4-10-19(16)30(26,27)24-11-5-2-6-12-24/h3-4,7-10,13H,2,5-6,11-12,14H2,1H3,(H,22,25). The van der Waals surface area contributed by atoms with Crippen LogP contribution in [0, 0.1) is 6.92 Å². The van der Waals surface area contributed by atoms with Gasteiger partial charge in [-0.3, -0.25) is 4.79 Å². The third kappa shape index (κ3) is 4.33. The number of carbonyl (C=O) groups excluding carboxylic acids is 1. The lowest BCUT2D eigenvalue weighted by Crippen LogP contribution is -2.36. The number of hydrogen-bond acceptors (Lipinski definition) is 6. The maximum absolute atomic E-state index is 13.1. The summed E-state index contributed by atoms with van der Waals surface area (Å²) in [6.07, 6.45) is 2.74. The second kappa shape index (κ2) is 8.71. The highest BCUT2D eigenvalue weighted by Gasteiger charge is 2.28. The van der Waals surface area contributed by atoms with Crippen molar-refractivity contribution in [2.45, 2.75) is 37.5 Å². The second-order valence-electron chi connectivity index (χ2n) is 7.19. The Hall–Kier alpha value is -2.49. The van der Waals surface area contributed by atoms with E-state index in [1.165, 1.54) is 21.7 Å². The minimum Gasteiger partial charge on any atom is -0.440 e. The molecule has 1 N–H and O–H groups in total. The number of thiophene rings is 1. The fraction of sp³-hybridized carbons (Fsp3) is 0.333. The van der Waals surface area contributed by atoms with E-state index in [0.29, 0.717) is 30.4 Å². The van der Waals surface area contributed by atoms with Gasteiger partial charge in [-0.15, -0.1) is 11.3 Å². The molecule has 1 aromatic carbocycles. The molecule has 30 heavy (non-hydrogen) atoms.